The first-order valence-electron chi connectivity index (χ1n) is 4.84. The Bertz CT molecular complexity index is 548. The van der Waals surface area contributed by atoms with Gasteiger partial charge >= 0.3 is 5.97 Å². The standard InChI is InChI=1S/C12H9BrFNO2/c1-17-12(16)11-10(13)9(6-15-11)7-2-4-8(14)5-3-7/h2-6,15H,1H3. The molecule has 1 heterocycles. The maximum absolute atomic E-state index is 12.8. The van der Waals surface area contributed by atoms with Crippen molar-refractivity contribution in [2.24, 2.45) is 0 Å². The van der Waals surface area contributed by atoms with E-state index in [1.54, 1.807) is 18.3 Å². The SMILES string of the molecule is COC(=O)c1[nH]cc(-c2ccc(F)cc2)c1Br. The normalized spacial score (nSPS) is 10.3. The van der Waals surface area contributed by atoms with Gasteiger partial charge in [0.25, 0.3) is 0 Å². The van der Waals surface area contributed by atoms with Crippen molar-refractivity contribution < 1.29 is 13.9 Å². The molecular weight excluding hydrogens is 289 g/mol. The predicted molar refractivity (Wildman–Crippen MR) is 65.2 cm³/mol. The highest BCUT2D eigenvalue weighted by molar-refractivity contribution is 9.10. The van der Waals surface area contributed by atoms with Crippen molar-refractivity contribution in [1.82, 2.24) is 4.98 Å². The average molecular weight is 298 g/mol. The van der Waals surface area contributed by atoms with Crippen LogP contribution in [0.25, 0.3) is 11.1 Å². The molecule has 3 nitrogen and oxygen atoms in total. The first kappa shape index (κ1) is 11.9. The minimum absolute atomic E-state index is 0.298. The van der Waals surface area contributed by atoms with Crippen LogP contribution in [-0.2, 0) is 4.74 Å². The number of esters is 1. The number of rotatable bonds is 2. The smallest absolute Gasteiger partial charge is 0.355 e. The third-order valence-electron chi connectivity index (χ3n) is 2.36. The second kappa shape index (κ2) is 4.71. The van der Waals surface area contributed by atoms with Gasteiger partial charge in [-0.05, 0) is 33.6 Å². The number of aromatic nitrogens is 1. The van der Waals surface area contributed by atoms with Crippen LogP contribution in [0.4, 0.5) is 4.39 Å². The van der Waals surface area contributed by atoms with Crippen LogP contribution in [0.15, 0.2) is 34.9 Å². The fourth-order valence-electron chi connectivity index (χ4n) is 1.50. The Kier molecular flexibility index (Phi) is 3.28. The number of nitrogens with one attached hydrogen (secondary N) is 1. The van der Waals surface area contributed by atoms with Crippen LogP contribution in [0.3, 0.4) is 0 Å². The maximum atomic E-state index is 12.8. The minimum Gasteiger partial charge on any atom is -0.464 e. The highest BCUT2D eigenvalue weighted by Gasteiger charge is 2.16. The van der Waals surface area contributed by atoms with Gasteiger partial charge in [-0.2, -0.15) is 0 Å². The molecule has 0 aliphatic heterocycles. The summed E-state index contributed by atoms with van der Waals surface area (Å²) in [5, 5.41) is 0. The molecule has 0 bridgehead atoms. The molecule has 0 saturated heterocycles. The first-order valence-corrected chi connectivity index (χ1v) is 5.64. The molecule has 0 aliphatic rings. The third kappa shape index (κ3) is 2.24. The van der Waals surface area contributed by atoms with Crippen LogP contribution >= 0.6 is 15.9 Å². The molecule has 0 saturated carbocycles. The molecule has 0 atom stereocenters. The van der Waals surface area contributed by atoms with E-state index in [0.29, 0.717) is 10.2 Å². The Hall–Kier alpha value is -1.62. The van der Waals surface area contributed by atoms with E-state index in [0.717, 1.165) is 11.1 Å². The van der Waals surface area contributed by atoms with Gasteiger partial charge < -0.3 is 9.72 Å². The zero-order valence-corrected chi connectivity index (χ0v) is 10.5. The molecule has 0 amide bonds. The summed E-state index contributed by atoms with van der Waals surface area (Å²) in [6, 6.07) is 6.02. The monoisotopic (exact) mass is 297 g/mol. The molecule has 2 rings (SSSR count). The van der Waals surface area contributed by atoms with E-state index in [4.69, 9.17) is 0 Å². The number of carbonyl (C=O) groups excluding carboxylic acids is 1. The van der Waals surface area contributed by atoms with Gasteiger partial charge in [-0.15, -0.1) is 0 Å². The van der Waals surface area contributed by atoms with Gasteiger partial charge in [-0.3, -0.25) is 0 Å². The van der Waals surface area contributed by atoms with Gasteiger partial charge in [0.2, 0.25) is 0 Å². The number of hydrogen-bond acceptors (Lipinski definition) is 2. The van der Waals surface area contributed by atoms with Crippen LogP contribution < -0.4 is 0 Å². The van der Waals surface area contributed by atoms with Crippen molar-refractivity contribution in [3.05, 3.63) is 46.4 Å². The number of H-pyrrole nitrogens is 1. The van der Waals surface area contributed by atoms with Gasteiger partial charge in [0.1, 0.15) is 11.5 Å². The fraction of sp³-hybridized carbons (Fsp3) is 0.0833. The van der Waals surface area contributed by atoms with E-state index in [1.165, 1.54) is 19.2 Å². The molecule has 0 radical (unpaired) electrons. The molecule has 2 aromatic rings. The minimum atomic E-state index is -0.453. The Morgan fingerprint density at radius 3 is 2.59 bits per heavy atom. The summed E-state index contributed by atoms with van der Waals surface area (Å²) in [5.41, 5.74) is 1.93. The Morgan fingerprint density at radius 1 is 1.35 bits per heavy atom. The molecule has 0 fully saturated rings. The summed E-state index contributed by atoms with van der Waals surface area (Å²) in [5.74, 6) is -0.751. The summed E-state index contributed by atoms with van der Waals surface area (Å²) in [4.78, 5) is 14.2. The number of hydrogen-bond donors (Lipinski definition) is 1. The molecule has 5 heteroatoms. The number of halogens is 2. The summed E-state index contributed by atoms with van der Waals surface area (Å²) in [7, 11) is 1.31. The zero-order valence-electron chi connectivity index (χ0n) is 8.96. The van der Waals surface area contributed by atoms with Crippen LogP contribution in [0.2, 0.25) is 0 Å². The lowest BCUT2D eigenvalue weighted by molar-refractivity contribution is 0.0594. The second-order valence-electron chi connectivity index (χ2n) is 3.39. The topological polar surface area (TPSA) is 42.1 Å². The van der Waals surface area contributed by atoms with Crippen molar-refractivity contribution in [2.45, 2.75) is 0 Å². The third-order valence-corrected chi connectivity index (χ3v) is 3.19. The highest BCUT2D eigenvalue weighted by atomic mass is 79.9. The molecule has 1 aromatic carbocycles. The summed E-state index contributed by atoms with van der Waals surface area (Å²) >= 11 is 3.32. The lowest BCUT2D eigenvalue weighted by Gasteiger charge is -2.00. The fourth-order valence-corrected chi connectivity index (χ4v) is 2.12. The van der Waals surface area contributed by atoms with Gasteiger partial charge in [0.05, 0.1) is 11.6 Å². The number of benzene rings is 1. The van der Waals surface area contributed by atoms with Crippen LogP contribution in [0.1, 0.15) is 10.5 Å². The van der Waals surface area contributed by atoms with Gasteiger partial charge in [-0.25, -0.2) is 9.18 Å². The molecule has 0 unspecified atom stereocenters. The second-order valence-corrected chi connectivity index (χ2v) is 4.18. The lowest BCUT2D eigenvalue weighted by Crippen LogP contribution is -2.01. The number of methoxy groups -OCH3 is 1. The van der Waals surface area contributed by atoms with Crippen LogP contribution in [0, 0.1) is 5.82 Å². The molecule has 1 aromatic heterocycles. The largest absolute Gasteiger partial charge is 0.464 e. The van der Waals surface area contributed by atoms with Gasteiger partial charge in [0.15, 0.2) is 0 Å². The summed E-state index contributed by atoms with van der Waals surface area (Å²) in [6.45, 7) is 0. The van der Waals surface area contributed by atoms with Crippen molar-refractivity contribution in [3.8, 4) is 11.1 Å². The van der Waals surface area contributed by atoms with E-state index >= 15 is 0 Å². The van der Waals surface area contributed by atoms with Crippen molar-refractivity contribution >= 4 is 21.9 Å². The average Bonchev–Trinajstić information content (AvgIpc) is 2.71. The van der Waals surface area contributed by atoms with Gasteiger partial charge in [-0.1, -0.05) is 12.1 Å². The van der Waals surface area contributed by atoms with Gasteiger partial charge in [0, 0.05) is 11.8 Å². The van der Waals surface area contributed by atoms with E-state index < -0.39 is 5.97 Å². The van der Waals surface area contributed by atoms with E-state index in [2.05, 4.69) is 25.7 Å². The Morgan fingerprint density at radius 2 is 2.00 bits per heavy atom. The van der Waals surface area contributed by atoms with Crippen molar-refractivity contribution in [3.63, 3.8) is 0 Å². The Balaban J connectivity index is 2.44. The lowest BCUT2D eigenvalue weighted by atomic mass is 10.1. The van der Waals surface area contributed by atoms with Crippen LogP contribution in [0.5, 0.6) is 0 Å². The molecule has 0 aliphatic carbocycles. The summed E-state index contributed by atoms with van der Waals surface area (Å²) in [6.07, 6.45) is 1.67. The quantitative estimate of drug-likeness (QED) is 0.864. The predicted octanol–water partition coefficient (Wildman–Crippen LogP) is 3.37. The number of carbonyl (C=O) groups is 1. The highest BCUT2D eigenvalue weighted by Crippen LogP contribution is 2.31. The zero-order chi connectivity index (χ0) is 12.4. The molecular formula is C12H9BrFNO2. The number of ether oxygens (including phenoxy) is 1. The maximum Gasteiger partial charge on any atom is 0.355 e. The molecule has 17 heavy (non-hydrogen) atoms. The summed E-state index contributed by atoms with van der Waals surface area (Å²) < 4.78 is 18.0. The van der Waals surface area contributed by atoms with E-state index in [1.807, 2.05) is 0 Å². The van der Waals surface area contributed by atoms with E-state index in [-0.39, 0.29) is 5.82 Å². The Labute approximate surface area is 106 Å². The van der Waals surface area contributed by atoms with E-state index in [9.17, 15) is 9.18 Å². The molecule has 1 N–H and O–H groups in total. The van der Waals surface area contributed by atoms with Crippen molar-refractivity contribution in [1.29, 1.82) is 0 Å². The molecule has 0 spiro atoms. The molecule has 88 valence electrons. The number of aromatic amines is 1. The van der Waals surface area contributed by atoms with Crippen molar-refractivity contribution in [2.75, 3.05) is 7.11 Å². The first-order chi connectivity index (χ1) is 8.13. The van der Waals surface area contributed by atoms with Crippen LogP contribution in [-0.4, -0.2) is 18.1 Å².